The van der Waals surface area contributed by atoms with Crippen LogP contribution in [0.2, 0.25) is 0 Å². The molecule has 1 amide bonds. The number of carbonyl (C=O) groups excluding carboxylic acids is 1. The highest BCUT2D eigenvalue weighted by atomic mass is 16.3. The van der Waals surface area contributed by atoms with Crippen LogP contribution in [0.25, 0.3) is 11.0 Å². The molecule has 0 saturated carbocycles. The van der Waals surface area contributed by atoms with Crippen LogP contribution >= 0.6 is 0 Å². The molecule has 0 aliphatic carbocycles. The third-order valence-electron chi connectivity index (χ3n) is 4.04. The van der Waals surface area contributed by atoms with Crippen molar-refractivity contribution in [1.82, 2.24) is 10.6 Å². The number of aryl methyl sites for hydroxylation is 2. The zero-order valence-corrected chi connectivity index (χ0v) is 12.0. The van der Waals surface area contributed by atoms with Crippen LogP contribution in [-0.4, -0.2) is 25.0 Å². The normalized spacial score (nSPS) is 16.5. The highest BCUT2D eigenvalue weighted by molar-refractivity contribution is 5.99. The molecule has 1 fully saturated rings. The molecule has 1 aliphatic heterocycles. The van der Waals surface area contributed by atoms with Crippen molar-refractivity contribution in [2.24, 2.45) is 0 Å². The summed E-state index contributed by atoms with van der Waals surface area (Å²) < 4.78 is 5.81. The molecule has 0 spiro atoms. The lowest BCUT2D eigenvalue weighted by Gasteiger charge is -2.23. The first-order valence-electron chi connectivity index (χ1n) is 7.17. The molecule has 4 nitrogen and oxygen atoms in total. The molecule has 1 aromatic carbocycles. The Labute approximate surface area is 118 Å². The van der Waals surface area contributed by atoms with Crippen LogP contribution in [0.1, 0.15) is 34.5 Å². The summed E-state index contributed by atoms with van der Waals surface area (Å²) in [5, 5.41) is 7.41. The van der Waals surface area contributed by atoms with Crippen LogP contribution in [0.4, 0.5) is 0 Å². The topological polar surface area (TPSA) is 54.3 Å². The van der Waals surface area contributed by atoms with Crippen molar-refractivity contribution in [2.45, 2.75) is 32.7 Å². The molecule has 0 atom stereocenters. The highest BCUT2D eigenvalue weighted by Crippen LogP contribution is 2.27. The average molecular weight is 272 g/mol. The molecule has 2 aromatic rings. The Morgan fingerprint density at radius 1 is 1.30 bits per heavy atom. The van der Waals surface area contributed by atoms with E-state index in [1.54, 1.807) is 0 Å². The minimum atomic E-state index is -0.0926. The molecule has 4 heteroatoms. The van der Waals surface area contributed by atoms with Crippen molar-refractivity contribution >= 4 is 16.9 Å². The molecular weight excluding hydrogens is 252 g/mol. The molecule has 2 heterocycles. The summed E-state index contributed by atoms with van der Waals surface area (Å²) in [5.74, 6) is 0.359. The predicted octanol–water partition coefficient (Wildman–Crippen LogP) is 2.53. The third kappa shape index (κ3) is 2.31. The number of rotatable bonds is 2. The molecular formula is C16H20N2O2. The number of fused-ring (bicyclic) bond motifs is 1. The number of para-hydroxylation sites is 1. The zero-order chi connectivity index (χ0) is 14.1. The fourth-order valence-corrected chi connectivity index (χ4v) is 2.82. The number of benzene rings is 1. The van der Waals surface area contributed by atoms with Crippen molar-refractivity contribution in [3.05, 3.63) is 35.1 Å². The van der Waals surface area contributed by atoms with Gasteiger partial charge in [0.05, 0.1) is 0 Å². The smallest absolute Gasteiger partial charge is 0.287 e. The Bertz CT molecular complexity index is 639. The Morgan fingerprint density at radius 3 is 2.75 bits per heavy atom. The summed E-state index contributed by atoms with van der Waals surface area (Å²) in [4.78, 5) is 12.4. The molecule has 20 heavy (non-hydrogen) atoms. The molecule has 2 N–H and O–H groups in total. The van der Waals surface area contributed by atoms with Gasteiger partial charge in [-0.05, 0) is 45.3 Å². The quantitative estimate of drug-likeness (QED) is 0.883. The van der Waals surface area contributed by atoms with Gasteiger partial charge in [-0.25, -0.2) is 0 Å². The summed E-state index contributed by atoms with van der Waals surface area (Å²) in [6.45, 7) is 5.87. The SMILES string of the molecule is Cc1c(C(=O)NC2CCNCC2)oc2c(C)cccc12. The van der Waals surface area contributed by atoms with Gasteiger partial charge in [-0.1, -0.05) is 18.2 Å². The van der Waals surface area contributed by atoms with Crippen molar-refractivity contribution < 1.29 is 9.21 Å². The van der Waals surface area contributed by atoms with Crippen LogP contribution in [0.5, 0.6) is 0 Å². The number of carbonyl (C=O) groups is 1. The lowest BCUT2D eigenvalue weighted by Crippen LogP contribution is -2.42. The van der Waals surface area contributed by atoms with Gasteiger partial charge in [-0.15, -0.1) is 0 Å². The second kappa shape index (κ2) is 5.29. The van der Waals surface area contributed by atoms with Crippen molar-refractivity contribution in [3.8, 4) is 0 Å². The van der Waals surface area contributed by atoms with Gasteiger partial charge in [0.25, 0.3) is 5.91 Å². The van der Waals surface area contributed by atoms with Gasteiger partial charge in [0.15, 0.2) is 5.76 Å². The first-order chi connectivity index (χ1) is 9.66. The standard InChI is InChI=1S/C16H20N2O2/c1-10-4-3-5-13-11(2)15(20-14(10)13)16(19)18-12-6-8-17-9-7-12/h3-5,12,17H,6-9H2,1-2H3,(H,18,19). The van der Waals surface area contributed by atoms with Crippen molar-refractivity contribution in [2.75, 3.05) is 13.1 Å². The van der Waals surface area contributed by atoms with Crippen molar-refractivity contribution in [3.63, 3.8) is 0 Å². The van der Waals surface area contributed by atoms with Gasteiger partial charge in [0, 0.05) is 17.0 Å². The van der Waals surface area contributed by atoms with Crippen LogP contribution in [0.15, 0.2) is 22.6 Å². The molecule has 1 aliphatic rings. The number of furan rings is 1. The molecule has 0 bridgehead atoms. The van der Waals surface area contributed by atoms with E-state index < -0.39 is 0 Å². The van der Waals surface area contributed by atoms with Crippen LogP contribution in [-0.2, 0) is 0 Å². The van der Waals surface area contributed by atoms with Gasteiger partial charge >= 0.3 is 0 Å². The Hall–Kier alpha value is -1.81. The Balaban J connectivity index is 1.87. The lowest BCUT2D eigenvalue weighted by molar-refractivity contribution is 0.0902. The second-order valence-corrected chi connectivity index (χ2v) is 5.51. The van der Waals surface area contributed by atoms with E-state index in [1.807, 2.05) is 32.0 Å². The summed E-state index contributed by atoms with van der Waals surface area (Å²) in [5.41, 5.74) is 2.81. The fourth-order valence-electron chi connectivity index (χ4n) is 2.82. The van der Waals surface area contributed by atoms with E-state index >= 15 is 0 Å². The van der Waals surface area contributed by atoms with Crippen LogP contribution < -0.4 is 10.6 Å². The number of hydrogen-bond acceptors (Lipinski definition) is 3. The summed E-state index contributed by atoms with van der Waals surface area (Å²) >= 11 is 0. The fraction of sp³-hybridized carbons (Fsp3) is 0.438. The number of hydrogen-bond donors (Lipinski definition) is 2. The molecule has 1 aromatic heterocycles. The molecule has 0 radical (unpaired) electrons. The third-order valence-corrected chi connectivity index (χ3v) is 4.04. The summed E-state index contributed by atoms with van der Waals surface area (Å²) in [6.07, 6.45) is 1.95. The molecule has 1 saturated heterocycles. The number of nitrogens with one attached hydrogen (secondary N) is 2. The first kappa shape index (κ1) is 13.2. The Morgan fingerprint density at radius 2 is 2.05 bits per heavy atom. The number of piperidine rings is 1. The van der Waals surface area contributed by atoms with Crippen molar-refractivity contribution in [1.29, 1.82) is 0 Å². The van der Waals surface area contributed by atoms with Gasteiger partial charge < -0.3 is 15.1 Å². The van der Waals surface area contributed by atoms with Gasteiger partial charge in [0.2, 0.25) is 0 Å². The molecule has 3 rings (SSSR count). The summed E-state index contributed by atoms with van der Waals surface area (Å²) in [6, 6.07) is 6.24. The Kier molecular flexibility index (Phi) is 3.49. The zero-order valence-electron chi connectivity index (χ0n) is 12.0. The predicted molar refractivity (Wildman–Crippen MR) is 79.0 cm³/mol. The van der Waals surface area contributed by atoms with Gasteiger partial charge in [0.1, 0.15) is 5.58 Å². The molecule has 0 unspecified atom stereocenters. The van der Waals surface area contributed by atoms with Gasteiger partial charge in [-0.3, -0.25) is 4.79 Å². The van der Waals surface area contributed by atoms with Gasteiger partial charge in [-0.2, -0.15) is 0 Å². The molecule has 106 valence electrons. The number of amides is 1. The van der Waals surface area contributed by atoms with Crippen LogP contribution in [0, 0.1) is 13.8 Å². The van der Waals surface area contributed by atoms with E-state index in [0.717, 1.165) is 48.0 Å². The van der Waals surface area contributed by atoms with Crippen LogP contribution in [0.3, 0.4) is 0 Å². The minimum absolute atomic E-state index is 0.0926. The lowest BCUT2D eigenvalue weighted by atomic mass is 10.1. The van der Waals surface area contributed by atoms with E-state index in [9.17, 15) is 4.79 Å². The largest absolute Gasteiger partial charge is 0.450 e. The first-order valence-corrected chi connectivity index (χ1v) is 7.17. The average Bonchev–Trinajstić information content (AvgIpc) is 2.79. The maximum atomic E-state index is 12.4. The second-order valence-electron chi connectivity index (χ2n) is 5.51. The van der Waals surface area contributed by atoms with E-state index in [4.69, 9.17) is 4.42 Å². The monoisotopic (exact) mass is 272 g/mol. The van der Waals surface area contributed by atoms with E-state index in [1.165, 1.54) is 0 Å². The minimum Gasteiger partial charge on any atom is -0.450 e. The van der Waals surface area contributed by atoms with E-state index in [2.05, 4.69) is 10.6 Å². The summed E-state index contributed by atoms with van der Waals surface area (Å²) in [7, 11) is 0. The maximum Gasteiger partial charge on any atom is 0.287 e. The maximum absolute atomic E-state index is 12.4. The van der Waals surface area contributed by atoms with E-state index in [0.29, 0.717) is 5.76 Å². The highest BCUT2D eigenvalue weighted by Gasteiger charge is 2.22. The van der Waals surface area contributed by atoms with E-state index in [-0.39, 0.29) is 11.9 Å².